The maximum Gasteiger partial charge on any atom is -0.00254 e. The zero-order chi connectivity index (χ0) is 11.1. The molecule has 15 heavy (non-hydrogen) atoms. The number of hydrogen-bond donors (Lipinski definition) is 0. The molecule has 0 heteroatoms. The molecule has 0 aliphatic heterocycles. The Morgan fingerprint density at radius 3 is 2.80 bits per heavy atom. The van der Waals surface area contributed by atoms with Gasteiger partial charge in [0, 0.05) is 0 Å². The molecule has 0 saturated heterocycles. The molecule has 1 saturated carbocycles. The molecular formula is C15H24. The van der Waals surface area contributed by atoms with Crippen LogP contribution in [0.1, 0.15) is 52.9 Å². The van der Waals surface area contributed by atoms with Crippen molar-refractivity contribution < 1.29 is 0 Å². The van der Waals surface area contributed by atoms with Gasteiger partial charge >= 0.3 is 0 Å². The topological polar surface area (TPSA) is 0 Å². The highest BCUT2D eigenvalue weighted by Gasteiger charge is 2.38. The lowest BCUT2D eigenvalue weighted by Crippen LogP contribution is -2.32. The van der Waals surface area contributed by atoms with E-state index in [0.717, 1.165) is 5.92 Å². The third-order valence-corrected chi connectivity index (χ3v) is 4.61. The van der Waals surface area contributed by atoms with Crippen LogP contribution in [-0.2, 0) is 0 Å². The second-order valence-electron chi connectivity index (χ2n) is 5.97. The first-order valence-electron chi connectivity index (χ1n) is 6.40. The fraction of sp³-hybridized carbons (Fsp3) is 0.733. The Morgan fingerprint density at radius 1 is 1.40 bits per heavy atom. The minimum atomic E-state index is 0.531. The molecule has 0 spiro atoms. The van der Waals surface area contributed by atoms with Crippen LogP contribution in [0.2, 0.25) is 0 Å². The van der Waals surface area contributed by atoms with Crippen LogP contribution in [0.25, 0.3) is 0 Å². The Hall–Kier alpha value is -0.520. The summed E-state index contributed by atoms with van der Waals surface area (Å²) < 4.78 is 0. The SMILES string of the molecule is C=C(C)[C@H]1C=C2[C@H](C)CCC[C@]2(C)CC1. The van der Waals surface area contributed by atoms with E-state index < -0.39 is 0 Å². The Balaban J connectivity index is 2.29. The minimum absolute atomic E-state index is 0.531. The van der Waals surface area contributed by atoms with Gasteiger partial charge in [0.25, 0.3) is 0 Å². The van der Waals surface area contributed by atoms with Crippen molar-refractivity contribution in [3.63, 3.8) is 0 Å². The highest BCUT2D eigenvalue weighted by molar-refractivity contribution is 5.26. The molecule has 0 radical (unpaired) electrons. The van der Waals surface area contributed by atoms with E-state index in [1.807, 2.05) is 0 Å². The summed E-state index contributed by atoms with van der Waals surface area (Å²) in [6.45, 7) is 11.2. The highest BCUT2D eigenvalue weighted by atomic mass is 14.4. The summed E-state index contributed by atoms with van der Waals surface area (Å²) in [5.74, 6) is 1.47. The maximum atomic E-state index is 4.12. The predicted molar refractivity (Wildman–Crippen MR) is 66.7 cm³/mol. The summed E-state index contributed by atoms with van der Waals surface area (Å²) in [4.78, 5) is 0. The molecule has 2 aliphatic carbocycles. The second kappa shape index (κ2) is 3.81. The molecule has 0 amide bonds. The van der Waals surface area contributed by atoms with Gasteiger partial charge in [-0.3, -0.25) is 0 Å². The van der Waals surface area contributed by atoms with Gasteiger partial charge in [-0.25, -0.2) is 0 Å². The van der Waals surface area contributed by atoms with Crippen LogP contribution in [-0.4, -0.2) is 0 Å². The lowest BCUT2D eigenvalue weighted by molar-refractivity contribution is 0.218. The number of fused-ring (bicyclic) bond motifs is 1. The average molecular weight is 204 g/mol. The molecule has 0 aromatic carbocycles. The lowest BCUT2D eigenvalue weighted by Gasteiger charge is -2.44. The van der Waals surface area contributed by atoms with E-state index in [2.05, 4.69) is 33.4 Å². The Morgan fingerprint density at radius 2 is 2.13 bits per heavy atom. The molecule has 2 rings (SSSR count). The molecule has 0 bridgehead atoms. The monoisotopic (exact) mass is 204 g/mol. The third kappa shape index (κ3) is 1.91. The van der Waals surface area contributed by atoms with E-state index in [1.165, 1.54) is 37.7 Å². The van der Waals surface area contributed by atoms with Gasteiger partial charge in [-0.05, 0) is 49.9 Å². The standard InChI is InChI=1S/C15H24/c1-11(2)13-7-9-15(4)8-5-6-12(3)14(15)10-13/h10,12-13H,1,5-9H2,2-4H3/t12-,13-,15-/m1/s1. The van der Waals surface area contributed by atoms with Crippen LogP contribution >= 0.6 is 0 Å². The zero-order valence-electron chi connectivity index (χ0n) is 10.5. The van der Waals surface area contributed by atoms with Crippen molar-refractivity contribution in [1.82, 2.24) is 0 Å². The molecule has 0 aromatic heterocycles. The maximum absolute atomic E-state index is 4.12. The van der Waals surface area contributed by atoms with Crippen molar-refractivity contribution in [2.75, 3.05) is 0 Å². The fourth-order valence-corrected chi connectivity index (χ4v) is 3.49. The predicted octanol–water partition coefficient (Wildman–Crippen LogP) is 4.73. The van der Waals surface area contributed by atoms with Crippen molar-refractivity contribution >= 4 is 0 Å². The molecule has 2 aliphatic rings. The van der Waals surface area contributed by atoms with Gasteiger partial charge in [0.2, 0.25) is 0 Å². The van der Waals surface area contributed by atoms with Gasteiger partial charge in [0.1, 0.15) is 0 Å². The van der Waals surface area contributed by atoms with E-state index in [0.29, 0.717) is 11.3 Å². The largest absolute Gasteiger partial charge is 0.0995 e. The molecule has 0 N–H and O–H groups in total. The van der Waals surface area contributed by atoms with Gasteiger partial charge in [0.15, 0.2) is 0 Å². The van der Waals surface area contributed by atoms with Crippen LogP contribution in [0.5, 0.6) is 0 Å². The van der Waals surface area contributed by atoms with Crippen LogP contribution in [0.4, 0.5) is 0 Å². The quantitative estimate of drug-likeness (QED) is 0.542. The smallest absolute Gasteiger partial charge is 0.00254 e. The number of rotatable bonds is 1. The second-order valence-corrected chi connectivity index (χ2v) is 5.97. The van der Waals surface area contributed by atoms with E-state index in [-0.39, 0.29) is 0 Å². The molecule has 3 atom stereocenters. The number of hydrogen-bond acceptors (Lipinski definition) is 0. The van der Waals surface area contributed by atoms with Crippen molar-refractivity contribution in [3.8, 4) is 0 Å². The van der Waals surface area contributed by atoms with Crippen LogP contribution in [0.15, 0.2) is 23.8 Å². The van der Waals surface area contributed by atoms with Gasteiger partial charge in [-0.2, -0.15) is 0 Å². The third-order valence-electron chi connectivity index (χ3n) is 4.61. The van der Waals surface area contributed by atoms with E-state index >= 15 is 0 Å². The molecule has 0 nitrogen and oxygen atoms in total. The van der Waals surface area contributed by atoms with Gasteiger partial charge in [-0.1, -0.05) is 44.1 Å². The molecule has 0 heterocycles. The van der Waals surface area contributed by atoms with Crippen molar-refractivity contribution in [2.24, 2.45) is 17.3 Å². The summed E-state index contributed by atoms with van der Waals surface area (Å²) in [6.07, 6.45) is 9.47. The Bertz CT molecular complexity index is 297. The first kappa shape index (κ1) is 11.0. The summed E-state index contributed by atoms with van der Waals surface area (Å²) >= 11 is 0. The van der Waals surface area contributed by atoms with Crippen molar-refractivity contribution in [1.29, 1.82) is 0 Å². The normalized spacial score (nSPS) is 40.6. The fourth-order valence-electron chi connectivity index (χ4n) is 3.49. The summed E-state index contributed by atoms with van der Waals surface area (Å²) in [5.41, 5.74) is 3.62. The summed E-state index contributed by atoms with van der Waals surface area (Å²) in [5, 5.41) is 0. The molecule has 84 valence electrons. The zero-order valence-corrected chi connectivity index (χ0v) is 10.5. The van der Waals surface area contributed by atoms with Gasteiger partial charge in [0.05, 0.1) is 0 Å². The Kier molecular flexibility index (Phi) is 2.79. The van der Waals surface area contributed by atoms with Crippen LogP contribution in [0, 0.1) is 17.3 Å². The van der Waals surface area contributed by atoms with E-state index in [9.17, 15) is 0 Å². The van der Waals surface area contributed by atoms with Crippen LogP contribution < -0.4 is 0 Å². The summed E-state index contributed by atoms with van der Waals surface area (Å²) in [6, 6.07) is 0. The summed E-state index contributed by atoms with van der Waals surface area (Å²) in [7, 11) is 0. The van der Waals surface area contributed by atoms with Crippen LogP contribution in [0.3, 0.4) is 0 Å². The van der Waals surface area contributed by atoms with E-state index in [4.69, 9.17) is 0 Å². The average Bonchev–Trinajstić information content (AvgIpc) is 2.17. The van der Waals surface area contributed by atoms with E-state index in [1.54, 1.807) is 5.57 Å². The molecular weight excluding hydrogens is 180 g/mol. The number of allylic oxidation sites excluding steroid dienone is 3. The molecule has 0 unspecified atom stereocenters. The first-order valence-corrected chi connectivity index (χ1v) is 6.40. The highest BCUT2D eigenvalue weighted by Crippen LogP contribution is 2.51. The van der Waals surface area contributed by atoms with Crippen molar-refractivity contribution in [3.05, 3.63) is 23.8 Å². The minimum Gasteiger partial charge on any atom is -0.0995 e. The molecule has 1 fully saturated rings. The van der Waals surface area contributed by atoms with Gasteiger partial charge in [-0.15, -0.1) is 0 Å². The van der Waals surface area contributed by atoms with Crippen molar-refractivity contribution in [2.45, 2.75) is 52.9 Å². The van der Waals surface area contributed by atoms with Gasteiger partial charge < -0.3 is 0 Å². The first-order chi connectivity index (χ1) is 7.03. The lowest BCUT2D eigenvalue weighted by atomic mass is 9.60. The Labute approximate surface area is 94.5 Å². The molecule has 0 aromatic rings.